The van der Waals surface area contributed by atoms with Crippen LogP contribution in [0.4, 0.5) is 0 Å². The summed E-state index contributed by atoms with van der Waals surface area (Å²) in [5.74, 6) is 0. The van der Waals surface area contributed by atoms with Gasteiger partial charge < -0.3 is 9.31 Å². The Morgan fingerprint density at radius 2 is 0.951 bits per heavy atom. The van der Waals surface area contributed by atoms with Crippen LogP contribution in [0.15, 0.2) is 127 Å². The van der Waals surface area contributed by atoms with Gasteiger partial charge in [-0.15, -0.1) is 0 Å². The molecule has 0 unspecified atom stereocenters. The monoisotopic (exact) mass is 532 g/mol. The van der Waals surface area contributed by atoms with Crippen molar-refractivity contribution in [2.24, 2.45) is 0 Å². The largest absolute Gasteiger partial charge is 0.495 e. The molecule has 3 heteroatoms. The van der Waals surface area contributed by atoms with E-state index in [2.05, 4.69) is 155 Å². The van der Waals surface area contributed by atoms with Crippen molar-refractivity contribution in [2.75, 3.05) is 0 Å². The summed E-state index contributed by atoms with van der Waals surface area (Å²) in [5.41, 5.74) is 7.55. The number of hydrogen-bond acceptors (Lipinski definition) is 2. The summed E-state index contributed by atoms with van der Waals surface area (Å²) in [6.45, 7) is 8.40. The molecular formula is C38H33BO2. The van der Waals surface area contributed by atoms with Crippen molar-refractivity contribution in [3.8, 4) is 33.4 Å². The molecule has 0 radical (unpaired) electrons. The molecule has 0 atom stereocenters. The summed E-state index contributed by atoms with van der Waals surface area (Å²) in [5, 5.41) is 4.95. The predicted molar refractivity (Wildman–Crippen MR) is 173 cm³/mol. The van der Waals surface area contributed by atoms with Crippen molar-refractivity contribution in [3.63, 3.8) is 0 Å². The molecule has 0 bridgehead atoms. The first-order valence-corrected chi connectivity index (χ1v) is 14.4. The molecule has 41 heavy (non-hydrogen) atoms. The van der Waals surface area contributed by atoms with Gasteiger partial charge in [-0.1, -0.05) is 115 Å². The molecule has 1 fully saturated rings. The topological polar surface area (TPSA) is 18.5 Å². The minimum absolute atomic E-state index is 0.382. The summed E-state index contributed by atoms with van der Waals surface area (Å²) >= 11 is 0. The van der Waals surface area contributed by atoms with Crippen molar-refractivity contribution < 1.29 is 9.31 Å². The highest BCUT2D eigenvalue weighted by atomic mass is 16.7. The van der Waals surface area contributed by atoms with E-state index in [-0.39, 0.29) is 11.2 Å². The summed E-state index contributed by atoms with van der Waals surface area (Å²) in [7, 11) is -0.403. The molecule has 0 spiro atoms. The second-order valence-corrected chi connectivity index (χ2v) is 12.0. The average molecular weight is 532 g/mol. The van der Waals surface area contributed by atoms with E-state index in [0.717, 1.165) is 16.6 Å². The molecular weight excluding hydrogens is 499 g/mol. The lowest BCUT2D eigenvalue weighted by atomic mass is 9.74. The summed E-state index contributed by atoms with van der Waals surface area (Å²) in [4.78, 5) is 0. The van der Waals surface area contributed by atoms with Gasteiger partial charge in [-0.25, -0.2) is 0 Å². The molecule has 2 nitrogen and oxygen atoms in total. The van der Waals surface area contributed by atoms with Crippen LogP contribution in [0.1, 0.15) is 27.7 Å². The molecule has 6 aromatic carbocycles. The molecule has 1 heterocycles. The number of fused-ring (bicyclic) bond motifs is 2. The zero-order valence-electron chi connectivity index (χ0n) is 24.0. The van der Waals surface area contributed by atoms with Gasteiger partial charge in [0.15, 0.2) is 0 Å². The van der Waals surface area contributed by atoms with Crippen LogP contribution >= 0.6 is 0 Å². The lowest BCUT2D eigenvalue weighted by Crippen LogP contribution is -2.41. The Labute approximate surface area is 242 Å². The molecule has 7 rings (SSSR count). The second kappa shape index (κ2) is 9.73. The van der Waals surface area contributed by atoms with E-state index in [0.29, 0.717) is 0 Å². The van der Waals surface area contributed by atoms with E-state index in [1.807, 2.05) is 0 Å². The highest BCUT2D eigenvalue weighted by Crippen LogP contribution is 2.39. The number of benzene rings is 6. The van der Waals surface area contributed by atoms with E-state index < -0.39 is 7.12 Å². The van der Waals surface area contributed by atoms with Gasteiger partial charge in [-0.2, -0.15) is 0 Å². The van der Waals surface area contributed by atoms with Crippen LogP contribution in [-0.2, 0) is 9.31 Å². The van der Waals surface area contributed by atoms with Crippen LogP contribution in [0.3, 0.4) is 0 Å². The molecule has 0 N–H and O–H groups in total. The first-order valence-electron chi connectivity index (χ1n) is 14.4. The van der Waals surface area contributed by atoms with Gasteiger partial charge in [0, 0.05) is 0 Å². The van der Waals surface area contributed by atoms with Crippen molar-refractivity contribution >= 4 is 34.1 Å². The van der Waals surface area contributed by atoms with E-state index in [1.165, 1.54) is 43.8 Å². The SMILES string of the molecule is CC1(C)OB(c2ccccc2-c2ccc3cc(-c4ccccc4-c4cccc5ccccc45)ccc3c2)OC1(C)C. The van der Waals surface area contributed by atoms with Crippen LogP contribution < -0.4 is 5.46 Å². The van der Waals surface area contributed by atoms with Gasteiger partial charge in [0.1, 0.15) is 0 Å². The zero-order valence-corrected chi connectivity index (χ0v) is 24.0. The van der Waals surface area contributed by atoms with Crippen LogP contribution in [0, 0.1) is 0 Å². The normalized spacial score (nSPS) is 16.0. The molecule has 0 aromatic heterocycles. The number of rotatable bonds is 4. The molecule has 1 aliphatic rings. The van der Waals surface area contributed by atoms with Gasteiger partial charge in [-0.3, -0.25) is 0 Å². The van der Waals surface area contributed by atoms with Crippen molar-refractivity contribution in [2.45, 2.75) is 38.9 Å². The highest BCUT2D eigenvalue weighted by molar-refractivity contribution is 6.63. The van der Waals surface area contributed by atoms with Crippen molar-refractivity contribution in [1.29, 1.82) is 0 Å². The molecule has 200 valence electrons. The van der Waals surface area contributed by atoms with Gasteiger partial charge in [0.05, 0.1) is 11.2 Å². The average Bonchev–Trinajstić information content (AvgIpc) is 3.22. The van der Waals surface area contributed by atoms with E-state index in [4.69, 9.17) is 9.31 Å². The zero-order chi connectivity index (χ0) is 28.2. The minimum atomic E-state index is -0.403. The Kier molecular flexibility index (Phi) is 6.12. The van der Waals surface area contributed by atoms with Crippen LogP contribution in [-0.4, -0.2) is 18.3 Å². The van der Waals surface area contributed by atoms with Crippen LogP contribution in [0.2, 0.25) is 0 Å². The second-order valence-electron chi connectivity index (χ2n) is 12.0. The first kappa shape index (κ1) is 25.8. The van der Waals surface area contributed by atoms with Crippen LogP contribution in [0.25, 0.3) is 54.9 Å². The fourth-order valence-corrected chi connectivity index (χ4v) is 5.95. The molecule has 0 aliphatic carbocycles. The Bertz CT molecular complexity index is 1900. The first-order chi connectivity index (χ1) is 19.8. The van der Waals surface area contributed by atoms with E-state index in [1.54, 1.807) is 0 Å². The third-order valence-corrected chi connectivity index (χ3v) is 8.94. The summed E-state index contributed by atoms with van der Waals surface area (Å²) in [6.07, 6.45) is 0. The summed E-state index contributed by atoms with van der Waals surface area (Å²) in [6, 6.07) is 45.8. The van der Waals surface area contributed by atoms with Crippen LogP contribution in [0.5, 0.6) is 0 Å². The van der Waals surface area contributed by atoms with Crippen molar-refractivity contribution in [1.82, 2.24) is 0 Å². The van der Waals surface area contributed by atoms with Crippen molar-refractivity contribution in [3.05, 3.63) is 127 Å². The van der Waals surface area contributed by atoms with Gasteiger partial charge in [0.2, 0.25) is 0 Å². The fourth-order valence-electron chi connectivity index (χ4n) is 5.95. The Balaban J connectivity index is 1.28. The minimum Gasteiger partial charge on any atom is -0.399 e. The standard InChI is InChI=1S/C38H33BO2/c1-37(2)38(3,4)41-39(40-37)36-19-10-9-16-33(36)30-23-21-27-24-29(22-20-28(27)25-30)32-15-7-8-17-34(32)35-18-11-13-26-12-5-6-14-31(26)35/h5-25H,1-4H3. The quantitative estimate of drug-likeness (QED) is 0.211. The fraction of sp³-hybridized carbons (Fsp3) is 0.158. The van der Waals surface area contributed by atoms with E-state index in [9.17, 15) is 0 Å². The Hall–Kier alpha value is -4.18. The Morgan fingerprint density at radius 1 is 0.439 bits per heavy atom. The third kappa shape index (κ3) is 4.46. The summed E-state index contributed by atoms with van der Waals surface area (Å²) < 4.78 is 12.8. The van der Waals surface area contributed by atoms with Gasteiger partial charge in [-0.05, 0) is 100 Å². The maximum absolute atomic E-state index is 6.42. The molecule has 0 saturated carbocycles. The molecule has 1 aliphatic heterocycles. The lowest BCUT2D eigenvalue weighted by Gasteiger charge is -2.32. The van der Waals surface area contributed by atoms with E-state index >= 15 is 0 Å². The maximum Gasteiger partial charge on any atom is 0.495 e. The Morgan fingerprint density at radius 3 is 1.66 bits per heavy atom. The third-order valence-electron chi connectivity index (χ3n) is 8.94. The lowest BCUT2D eigenvalue weighted by molar-refractivity contribution is 0.00578. The molecule has 6 aromatic rings. The highest BCUT2D eigenvalue weighted by Gasteiger charge is 2.52. The van der Waals surface area contributed by atoms with Gasteiger partial charge >= 0.3 is 7.12 Å². The van der Waals surface area contributed by atoms with Gasteiger partial charge in [0.25, 0.3) is 0 Å². The molecule has 0 amide bonds. The smallest absolute Gasteiger partial charge is 0.399 e. The predicted octanol–water partition coefficient (Wildman–Crippen LogP) is 9.29. The molecule has 1 saturated heterocycles. The number of hydrogen-bond donors (Lipinski definition) is 0. The maximum atomic E-state index is 6.42.